The highest BCUT2D eigenvalue weighted by molar-refractivity contribution is 5.96. The standard InChI is InChI=1S/C23H28N2O4/c1-4-16-7-5-6-8-21(16)24-22(26)17-9-11-25(12-10-17)23(27)18-13-19(28-2)15-20(14-18)29-3/h5-8,13-15,17H,4,9-12H2,1-3H3,(H,24,26). The molecule has 0 atom stereocenters. The fourth-order valence-corrected chi connectivity index (χ4v) is 3.64. The second kappa shape index (κ2) is 9.45. The third kappa shape index (κ3) is 4.88. The zero-order chi connectivity index (χ0) is 20.8. The molecular weight excluding hydrogens is 368 g/mol. The topological polar surface area (TPSA) is 67.9 Å². The fourth-order valence-electron chi connectivity index (χ4n) is 3.64. The van der Waals surface area contributed by atoms with Crippen molar-refractivity contribution in [1.82, 2.24) is 4.90 Å². The molecule has 1 N–H and O–H groups in total. The first-order chi connectivity index (χ1) is 14.0. The number of aryl methyl sites for hydroxylation is 1. The highest BCUT2D eigenvalue weighted by atomic mass is 16.5. The van der Waals surface area contributed by atoms with E-state index >= 15 is 0 Å². The SMILES string of the molecule is CCc1ccccc1NC(=O)C1CCN(C(=O)c2cc(OC)cc(OC)c2)CC1. The molecule has 0 spiro atoms. The number of piperidine rings is 1. The first-order valence-electron chi connectivity index (χ1n) is 9.96. The van der Waals surface area contributed by atoms with E-state index in [4.69, 9.17) is 9.47 Å². The minimum atomic E-state index is -0.0937. The quantitative estimate of drug-likeness (QED) is 0.807. The molecule has 29 heavy (non-hydrogen) atoms. The average molecular weight is 396 g/mol. The van der Waals surface area contributed by atoms with Gasteiger partial charge in [-0.1, -0.05) is 25.1 Å². The molecule has 6 nitrogen and oxygen atoms in total. The van der Waals surface area contributed by atoms with Gasteiger partial charge in [-0.15, -0.1) is 0 Å². The number of methoxy groups -OCH3 is 2. The molecule has 0 aliphatic carbocycles. The predicted octanol–water partition coefficient (Wildman–Crippen LogP) is 3.76. The number of nitrogens with one attached hydrogen (secondary N) is 1. The van der Waals surface area contributed by atoms with Crippen LogP contribution in [0.1, 0.15) is 35.7 Å². The molecular formula is C23H28N2O4. The smallest absolute Gasteiger partial charge is 0.254 e. The molecule has 1 fully saturated rings. The van der Waals surface area contributed by atoms with Crippen molar-refractivity contribution in [2.75, 3.05) is 32.6 Å². The monoisotopic (exact) mass is 396 g/mol. The fraction of sp³-hybridized carbons (Fsp3) is 0.391. The molecule has 0 saturated carbocycles. The van der Waals surface area contributed by atoms with Gasteiger partial charge in [0.15, 0.2) is 0 Å². The van der Waals surface area contributed by atoms with Gasteiger partial charge in [-0.3, -0.25) is 9.59 Å². The van der Waals surface area contributed by atoms with Gasteiger partial charge >= 0.3 is 0 Å². The van der Waals surface area contributed by atoms with Gasteiger partial charge in [-0.05, 0) is 43.0 Å². The molecule has 0 aromatic heterocycles. The summed E-state index contributed by atoms with van der Waals surface area (Å²) in [5, 5.41) is 3.06. The van der Waals surface area contributed by atoms with Crippen LogP contribution in [0.15, 0.2) is 42.5 Å². The number of hydrogen-bond donors (Lipinski definition) is 1. The maximum Gasteiger partial charge on any atom is 0.254 e. The number of benzene rings is 2. The van der Waals surface area contributed by atoms with Crippen LogP contribution in [0.4, 0.5) is 5.69 Å². The highest BCUT2D eigenvalue weighted by Crippen LogP contribution is 2.26. The number of amides is 2. The zero-order valence-corrected chi connectivity index (χ0v) is 17.2. The van der Waals surface area contributed by atoms with Gasteiger partial charge in [0.1, 0.15) is 11.5 Å². The summed E-state index contributed by atoms with van der Waals surface area (Å²) in [7, 11) is 3.12. The van der Waals surface area contributed by atoms with E-state index in [1.807, 2.05) is 24.3 Å². The van der Waals surface area contributed by atoms with E-state index < -0.39 is 0 Å². The van der Waals surface area contributed by atoms with Crippen LogP contribution in [-0.4, -0.2) is 44.0 Å². The van der Waals surface area contributed by atoms with Crippen molar-refractivity contribution < 1.29 is 19.1 Å². The number of anilines is 1. The third-order valence-electron chi connectivity index (χ3n) is 5.41. The Hall–Kier alpha value is -3.02. The summed E-state index contributed by atoms with van der Waals surface area (Å²) < 4.78 is 10.5. The molecule has 154 valence electrons. The van der Waals surface area contributed by atoms with Crippen molar-refractivity contribution in [1.29, 1.82) is 0 Å². The molecule has 0 radical (unpaired) electrons. The number of ether oxygens (including phenoxy) is 2. The van der Waals surface area contributed by atoms with E-state index in [2.05, 4.69) is 12.2 Å². The Morgan fingerprint density at radius 2 is 1.66 bits per heavy atom. The van der Waals surface area contributed by atoms with E-state index in [1.54, 1.807) is 37.3 Å². The molecule has 1 aliphatic heterocycles. The Balaban J connectivity index is 1.61. The van der Waals surface area contributed by atoms with Gasteiger partial charge in [-0.2, -0.15) is 0 Å². The Morgan fingerprint density at radius 1 is 1.03 bits per heavy atom. The van der Waals surface area contributed by atoms with Crippen LogP contribution in [0.2, 0.25) is 0 Å². The average Bonchev–Trinajstić information content (AvgIpc) is 2.78. The number of carbonyl (C=O) groups is 2. The highest BCUT2D eigenvalue weighted by Gasteiger charge is 2.28. The van der Waals surface area contributed by atoms with E-state index in [1.165, 1.54) is 0 Å². The van der Waals surface area contributed by atoms with Gasteiger partial charge in [0, 0.05) is 36.3 Å². The van der Waals surface area contributed by atoms with Crippen molar-refractivity contribution in [2.45, 2.75) is 26.2 Å². The lowest BCUT2D eigenvalue weighted by Gasteiger charge is -2.31. The lowest BCUT2D eigenvalue weighted by Crippen LogP contribution is -2.41. The summed E-state index contributed by atoms with van der Waals surface area (Å²) in [4.78, 5) is 27.4. The Labute approximate surface area is 171 Å². The van der Waals surface area contributed by atoms with Gasteiger partial charge in [-0.25, -0.2) is 0 Å². The largest absolute Gasteiger partial charge is 0.497 e. The zero-order valence-electron chi connectivity index (χ0n) is 17.2. The van der Waals surface area contributed by atoms with E-state index in [0.717, 1.165) is 17.7 Å². The van der Waals surface area contributed by atoms with E-state index in [-0.39, 0.29) is 17.7 Å². The maximum absolute atomic E-state index is 12.9. The summed E-state index contributed by atoms with van der Waals surface area (Å²) in [5.74, 6) is 1.02. The summed E-state index contributed by atoms with van der Waals surface area (Å²) in [6, 6.07) is 13.0. The van der Waals surface area contributed by atoms with Crippen molar-refractivity contribution >= 4 is 17.5 Å². The summed E-state index contributed by atoms with van der Waals surface area (Å²) >= 11 is 0. The van der Waals surface area contributed by atoms with Crippen LogP contribution >= 0.6 is 0 Å². The Morgan fingerprint density at radius 3 is 2.24 bits per heavy atom. The molecule has 0 unspecified atom stereocenters. The van der Waals surface area contributed by atoms with Gasteiger partial charge in [0.05, 0.1) is 14.2 Å². The van der Waals surface area contributed by atoms with Crippen LogP contribution in [0.25, 0.3) is 0 Å². The second-order valence-electron chi connectivity index (χ2n) is 7.17. The maximum atomic E-state index is 12.9. The van der Waals surface area contributed by atoms with Gasteiger partial charge in [0.25, 0.3) is 5.91 Å². The molecule has 2 aromatic carbocycles. The molecule has 3 rings (SSSR count). The Bertz CT molecular complexity index is 851. The first-order valence-corrected chi connectivity index (χ1v) is 9.96. The van der Waals surface area contributed by atoms with Crippen molar-refractivity contribution in [3.05, 3.63) is 53.6 Å². The minimum Gasteiger partial charge on any atom is -0.497 e. The number of nitrogens with zero attached hydrogens (tertiary/aromatic N) is 1. The van der Waals surface area contributed by atoms with Gasteiger partial charge in [0.2, 0.25) is 5.91 Å². The number of hydrogen-bond acceptors (Lipinski definition) is 4. The third-order valence-corrected chi connectivity index (χ3v) is 5.41. The summed E-state index contributed by atoms with van der Waals surface area (Å²) in [6.07, 6.45) is 2.16. The lowest BCUT2D eigenvalue weighted by molar-refractivity contribution is -0.121. The van der Waals surface area contributed by atoms with Crippen LogP contribution in [-0.2, 0) is 11.2 Å². The lowest BCUT2D eigenvalue weighted by atomic mass is 9.95. The van der Waals surface area contributed by atoms with E-state index in [0.29, 0.717) is 43.0 Å². The molecule has 1 heterocycles. The molecule has 1 saturated heterocycles. The molecule has 6 heteroatoms. The van der Waals surface area contributed by atoms with E-state index in [9.17, 15) is 9.59 Å². The van der Waals surface area contributed by atoms with Gasteiger partial charge < -0.3 is 19.7 Å². The number of para-hydroxylation sites is 1. The molecule has 2 aromatic rings. The van der Waals surface area contributed by atoms with Crippen molar-refractivity contribution in [3.8, 4) is 11.5 Å². The van der Waals surface area contributed by atoms with Crippen molar-refractivity contribution in [3.63, 3.8) is 0 Å². The van der Waals surface area contributed by atoms with Crippen LogP contribution in [0.5, 0.6) is 11.5 Å². The van der Waals surface area contributed by atoms with Crippen LogP contribution in [0, 0.1) is 5.92 Å². The number of rotatable bonds is 6. The number of carbonyl (C=O) groups excluding carboxylic acids is 2. The molecule has 1 aliphatic rings. The summed E-state index contributed by atoms with van der Waals surface area (Å²) in [5.41, 5.74) is 2.53. The number of likely N-dealkylation sites (tertiary alicyclic amines) is 1. The molecule has 2 amide bonds. The van der Waals surface area contributed by atoms with Crippen LogP contribution in [0.3, 0.4) is 0 Å². The van der Waals surface area contributed by atoms with Crippen molar-refractivity contribution in [2.24, 2.45) is 5.92 Å². The minimum absolute atomic E-state index is 0.0287. The first kappa shape index (κ1) is 20.7. The summed E-state index contributed by atoms with van der Waals surface area (Å²) in [6.45, 7) is 3.17. The normalized spacial score (nSPS) is 14.4. The molecule has 0 bridgehead atoms. The van der Waals surface area contributed by atoms with Crippen LogP contribution < -0.4 is 14.8 Å². The predicted molar refractivity (Wildman–Crippen MR) is 113 cm³/mol. The Kier molecular flexibility index (Phi) is 6.75. The second-order valence-corrected chi connectivity index (χ2v) is 7.17.